The second-order valence-corrected chi connectivity index (χ2v) is 5.66. The molecular formula is C17H20N2O4S. The molecule has 1 atom stereocenters. The summed E-state index contributed by atoms with van der Waals surface area (Å²) < 4.78 is 9.88. The first kappa shape index (κ1) is 17.9. The molecule has 0 spiro atoms. The molecule has 0 saturated heterocycles. The van der Waals surface area contributed by atoms with Crippen LogP contribution in [-0.2, 0) is 14.3 Å². The number of methoxy groups -OCH3 is 1. The lowest BCUT2D eigenvalue weighted by Crippen LogP contribution is -2.46. The lowest BCUT2D eigenvalue weighted by Gasteiger charge is -2.35. The predicted octanol–water partition coefficient (Wildman–Crippen LogP) is 2.17. The molecule has 0 bridgehead atoms. The van der Waals surface area contributed by atoms with Gasteiger partial charge in [-0.2, -0.15) is 0 Å². The topological polar surface area (TPSA) is 67.9 Å². The van der Waals surface area contributed by atoms with Crippen molar-refractivity contribution in [1.29, 1.82) is 0 Å². The van der Waals surface area contributed by atoms with Crippen molar-refractivity contribution in [2.45, 2.75) is 19.9 Å². The number of esters is 2. The minimum absolute atomic E-state index is 0.289. The van der Waals surface area contributed by atoms with Crippen molar-refractivity contribution in [2.75, 3.05) is 20.8 Å². The van der Waals surface area contributed by atoms with E-state index in [-0.39, 0.29) is 12.6 Å². The summed E-state index contributed by atoms with van der Waals surface area (Å²) in [5.41, 5.74) is 2.48. The summed E-state index contributed by atoms with van der Waals surface area (Å²) in [4.78, 5) is 25.7. The Bertz CT molecular complexity index is 697. The Morgan fingerprint density at radius 2 is 1.88 bits per heavy atom. The van der Waals surface area contributed by atoms with Gasteiger partial charge in [0, 0.05) is 12.7 Å². The highest BCUT2D eigenvalue weighted by Crippen LogP contribution is 2.30. The molecule has 0 unspecified atom stereocenters. The van der Waals surface area contributed by atoms with E-state index < -0.39 is 12.0 Å². The number of nitrogens with zero attached hydrogens (tertiary/aromatic N) is 1. The lowest BCUT2D eigenvalue weighted by atomic mass is 9.94. The van der Waals surface area contributed by atoms with Crippen LogP contribution in [0.25, 0.3) is 0 Å². The van der Waals surface area contributed by atoms with Gasteiger partial charge in [0.05, 0.1) is 30.9 Å². The van der Waals surface area contributed by atoms with Gasteiger partial charge in [-0.15, -0.1) is 0 Å². The molecule has 0 aliphatic carbocycles. The maximum atomic E-state index is 12.4. The third-order valence-electron chi connectivity index (χ3n) is 3.91. The van der Waals surface area contributed by atoms with E-state index in [0.717, 1.165) is 11.3 Å². The number of nitrogens with one attached hydrogen (secondary N) is 1. The molecule has 1 heterocycles. The summed E-state index contributed by atoms with van der Waals surface area (Å²) >= 11 is 5.33. The van der Waals surface area contributed by atoms with Gasteiger partial charge in [0.2, 0.25) is 0 Å². The van der Waals surface area contributed by atoms with Crippen molar-refractivity contribution in [3.8, 4) is 0 Å². The van der Waals surface area contributed by atoms with E-state index in [1.54, 1.807) is 43.1 Å². The van der Waals surface area contributed by atoms with Gasteiger partial charge in [-0.3, -0.25) is 0 Å². The van der Waals surface area contributed by atoms with E-state index >= 15 is 0 Å². The Balaban J connectivity index is 2.43. The Kier molecular flexibility index (Phi) is 5.56. The molecule has 0 saturated carbocycles. The molecule has 1 aliphatic heterocycles. The second kappa shape index (κ2) is 7.44. The third kappa shape index (κ3) is 3.41. The van der Waals surface area contributed by atoms with Gasteiger partial charge in [-0.25, -0.2) is 9.59 Å². The van der Waals surface area contributed by atoms with E-state index in [1.165, 1.54) is 7.11 Å². The number of carbonyl (C=O) groups is 2. The molecule has 1 N–H and O–H groups in total. The van der Waals surface area contributed by atoms with Gasteiger partial charge in [0.15, 0.2) is 5.11 Å². The van der Waals surface area contributed by atoms with E-state index in [0.29, 0.717) is 16.2 Å². The van der Waals surface area contributed by atoms with Crippen LogP contribution in [0, 0.1) is 0 Å². The number of hydrogen-bond donors (Lipinski definition) is 1. The highest BCUT2D eigenvalue weighted by atomic mass is 32.1. The zero-order valence-electron chi connectivity index (χ0n) is 14.1. The normalized spacial score (nSPS) is 17.4. The summed E-state index contributed by atoms with van der Waals surface area (Å²) in [6.07, 6.45) is 0. The first-order chi connectivity index (χ1) is 11.4. The van der Waals surface area contributed by atoms with Crippen LogP contribution in [0.5, 0.6) is 0 Å². The van der Waals surface area contributed by atoms with E-state index in [4.69, 9.17) is 21.7 Å². The van der Waals surface area contributed by atoms with Gasteiger partial charge < -0.3 is 19.7 Å². The van der Waals surface area contributed by atoms with Crippen LogP contribution >= 0.6 is 12.2 Å². The maximum Gasteiger partial charge on any atom is 0.338 e. The molecule has 7 heteroatoms. The molecule has 6 nitrogen and oxygen atoms in total. The van der Waals surface area contributed by atoms with Crippen LogP contribution in [-0.4, -0.2) is 42.7 Å². The van der Waals surface area contributed by atoms with E-state index in [9.17, 15) is 9.59 Å². The molecular weight excluding hydrogens is 328 g/mol. The molecule has 1 aromatic carbocycles. The van der Waals surface area contributed by atoms with E-state index in [1.807, 2.05) is 6.92 Å². The standard InChI is InChI=1S/C17H20N2O4S/c1-5-23-16(21)13-10(2)19(3)17(24)18-14(13)11-6-8-12(9-7-11)15(20)22-4/h6-9,14H,5H2,1-4H3,(H,18,24)/t14-/m0/s1. The Hall–Kier alpha value is -2.41. The zero-order chi connectivity index (χ0) is 17.9. The quantitative estimate of drug-likeness (QED) is 0.661. The minimum atomic E-state index is -0.431. The average molecular weight is 348 g/mol. The number of ether oxygens (including phenoxy) is 2. The fourth-order valence-corrected chi connectivity index (χ4v) is 2.74. The molecule has 0 aromatic heterocycles. The van der Waals surface area contributed by atoms with Crippen molar-refractivity contribution in [1.82, 2.24) is 10.2 Å². The maximum absolute atomic E-state index is 12.4. The number of rotatable bonds is 4. The summed E-state index contributed by atoms with van der Waals surface area (Å²) in [6.45, 7) is 3.88. The van der Waals surface area contributed by atoms with Gasteiger partial charge in [-0.1, -0.05) is 12.1 Å². The van der Waals surface area contributed by atoms with Gasteiger partial charge in [0.25, 0.3) is 0 Å². The Morgan fingerprint density at radius 3 is 2.42 bits per heavy atom. The number of benzene rings is 1. The van der Waals surface area contributed by atoms with Crippen LogP contribution in [0.4, 0.5) is 0 Å². The molecule has 0 fully saturated rings. The molecule has 24 heavy (non-hydrogen) atoms. The van der Waals surface area contributed by atoms with Crippen molar-refractivity contribution in [3.05, 3.63) is 46.7 Å². The summed E-state index contributed by atoms with van der Waals surface area (Å²) in [6, 6.07) is 6.42. The minimum Gasteiger partial charge on any atom is -0.465 e. The van der Waals surface area contributed by atoms with E-state index in [2.05, 4.69) is 5.32 Å². The number of allylic oxidation sites excluding steroid dienone is 1. The molecule has 0 radical (unpaired) electrons. The van der Waals surface area contributed by atoms with Crippen LogP contribution in [0.1, 0.15) is 35.8 Å². The molecule has 0 amide bonds. The number of thiocarbonyl (C=S) groups is 1. The molecule has 2 rings (SSSR count). The highest BCUT2D eigenvalue weighted by molar-refractivity contribution is 7.80. The van der Waals surface area contributed by atoms with Crippen LogP contribution in [0.2, 0.25) is 0 Å². The van der Waals surface area contributed by atoms with Crippen molar-refractivity contribution in [2.24, 2.45) is 0 Å². The smallest absolute Gasteiger partial charge is 0.338 e. The van der Waals surface area contributed by atoms with Crippen LogP contribution in [0.15, 0.2) is 35.5 Å². The van der Waals surface area contributed by atoms with Crippen LogP contribution < -0.4 is 5.32 Å². The number of hydrogen-bond acceptors (Lipinski definition) is 5. The summed E-state index contributed by atoms with van der Waals surface area (Å²) in [5.74, 6) is -0.801. The number of carbonyl (C=O) groups excluding carboxylic acids is 2. The van der Waals surface area contributed by atoms with Gasteiger partial charge >= 0.3 is 11.9 Å². The van der Waals surface area contributed by atoms with Gasteiger partial charge in [0.1, 0.15) is 0 Å². The average Bonchev–Trinajstić information content (AvgIpc) is 2.59. The van der Waals surface area contributed by atoms with Crippen molar-refractivity contribution >= 4 is 29.3 Å². The molecule has 1 aliphatic rings. The molecule has 128 valence electrons. The summed E-state index contributed by atoms with van der Waals surface area (Å²) in [7, 11) is 3.12. The fraction of sp³-hybridized carbons (Fsp3) is 0.353. The first-order valence-corrected chi connectivity index (χ1v) is 7.91. The monoisotopic (exact) mass is 348 g/mol. The fourth-order valence-electron chi connectivity index (χ4n) is 2.49. The second-order valence-electron chi connectivity index (χ2n) is 5.27. The third-order valence-corrected chi connectivity index (χ3v) is 4.31. The van der Waals surface area contributed by atoms with Gasteiger partial charge in [-0.05, 0) is 43.8 Å². The summed E-state index contributed by atoms with van der Waals surface area (Å²) in [5, 5.41) is 3.66. The highest BCUT2D eigenvalue weighted by Gasteiger charge is 2.33. The largest absolute Gasteiger partial charge is 0.465 e. The Morgan fingerprint density at radius 1 is 1.25 bits per heavy atom. The van der Waals surface area contributed by atoms with Crippen LogP contribution in [0.3, 0.4) is 0 Å². The zero-order valence-corrected chi connectivity index (χ0v) is 14.9. The van der Waals surface area contributed by atoms with Crippen molar-refractivity contribution in [3.63, 3.8) is 0 Å². The first-order valence-electron chi connectivity index (χ1n) is 7.51. The lowest BCUT2D eigenvalue weighted by molar-refractivity contribution is -0.139. The Labute approximate surface area is 146 Å². The van der Waals surface area contributed by atoms with Crippen molar-refractivity contribution < 1.29 is 19.1 Å². The SMILES string of the molecule is CCOC(=O)C1=C(C)N(C)C(=S)N[C@H]1c1ccc(C(=O)OC)cc1. The molecule has 1 aromatic rings. The predicted molar refractivity (Wildman–Crippen MR) is 93.4 cm³/mol.